The van der Waals surface area contributed by atoms with Gasteiger partial charge in [-0.25, -0.2) is 4.79 Å². The predicted molar refractivity (Wildman–Crippen MR) is 111 cm³/mol. The van der Waals surface area contributed by atoms with Crippen LogP contribution >= 0.6 is 24.0 Å². The van der Waals surface area contributed by atoms with Gasteiger partial charge in [0.2, 0.25) is 0 Å². The summed E-state index contributed by atoms with van der Waals surface area (Å²) in [5.74, 6) is 1.89. The quantitative estimate of drug-likeness (QED) is 0.361. The molecule has 0 aromatic carbocycles. The van der Waals surface area contributed by atoms with E-state index in [4.69, 9.17) is 9.73 Å². The molecule has 0 atom stereocenters. The Hall–Kier alpha value is -0.730. The third-order valence-electron chi connectivity index (χ3n) is 5.59. The Bertz CT molecular complexity index is 470. The normalized spacial score (nSPS) is 22.8. The fourth-order valence-electron chi connectivity index (χ4n) is 3.72. The van der Waals surface area contributed by atoms with Crippen molar-refractivity contribution in [3.8, 4) is 0 Å². The van der Waals surface area contributed by atoms with Crippen LogP contribution in [0.5, 0.6) is 0 Å². The molecule has 6 nitrogen and oxygen atoms in total. The minimum absolute atomic E-state index is 0. The van der Waals surface area contributed by atoms with Gasteiger partial charge in [0.1, 0.15) is 0 Å². The van der Waals surface area contributed by atoms with E-state index in [0.29, 0.717) is 18.1 Å². The summed E-state index contributed by atoms with van der Waals surface area (Å²) < 4.78 is 5.08. The van der Waals surface area contributed by atoms with Crippen LogP contribution in [0.2, 0.25) is 0 Å². The highest BCUT2D eigenvalue weighted by Crippen LogP contribution is 2.61. The van der Waals surface area contributed by atoms with E-state index in [-0.39, 0.29) is 30.1 Å². The highest BCUT2D eigenvalue weighted by molar-refractivity contribution is 14.0. The summed E-state index contributed by atoms with van der Waals surface area (Å²) >= 11 is 0. The molecule has 0 aromatic heterocycles. The van der Waals surface area contributed by atoms with Crippen molar-refractivity contribution >= 4 is 36.0 Å². The minimum atomic E-state index is -0.184. The van der Waals surface area contributed by atoms with Crippen LogP contribution in [-0.2, 0) is 4.74 Å². The molecule has 1 aliphatic heterocycles. The Morgan fingerprint density at radius 2 is 1.88 bits per heavy atom. The number of rotatable bonds is 6. The molecule has 1 amide bonds. The minimum Gasteiger partial charge on any atom is -0.450 e. The Morgan fingerprint density at radius 1 is 1.20 bits per heavy atom. The van der Waals surface area contributed by atoms with E-state index in [9.17, 15) is 4.79 Å². The molecular formula is C18H33IN4O2. The molecule has 7 heteroatoms. The highest BCUT2D eigenvalue weighted by atomic mass is 127. The standard InChI is InChI=1S/C18H32N4O2.HI/c1-3-19-16(20-13-18(9-10-18)14-5-6-14)21-15-7-11-22(12-8-15)17(23)24-4-2;/h14-15H,3-13H2,1-2H3,(H2,19,20,21);1H. The van der Waals surface area contributed by atoms with E-state index in [1.165, 1.54) is 25.7 Å². The smallest absolute Gasteiger partial charge is 0.409 e. The fourth-order valence-corrected chi connectivity index (χ4v) is 3.72. The molecular weight excluding hydrogens is 431 g/mol. The first kappa shape index (κ1) is 20.6. The van der Waals surface area contributed by atoms with Gasteiger partial charge in [0.15, 0.2) is 5.96 Å². The molecule has 2 N–H and O–H groups in total. The number of piperidine rings is 1. The number of amides is 1. The zero-order chi connectivity index (χ0) is 17.0. The summed E-state index contributed by atoms with van der Waals surface area (Å²) in [5, 5.41) is 6.95. The van der Waals surface area contributed by atoms with E-state index in [1.54, 1.807) is 4.90 Å². The van der Waals surface area contributed by atoms with Crippen molar-refractivity contribution in [2.45, 2.75) is 58.4 Å². The largest absolute Gasteiger partial charge is 0.450 e. The average Bonchev–Trinajstić information content (AvgIpc) is 3.47. The SMILES string of the molecule is CCNC(=NCC1(C2CC2)CC1)NC1CCN(C(=O)OCC)CC1.I. The Balaban J connectivity index is 0.00000225. The molecule has 25 heavy (non-hydrogen) atoms. The Kier molecular flexibility index (Phi) is 7.64. The van der Waals surface area contributed by atoms with Crippen molar-refractivity contribution in [1.29, 1.82) is 0 Å². The zero-order valence-corrected chi connectivity index (χ0v) is 17.9. The van der Waals surface area contributed by atoms with Gasteiger partial charge in [0.25, 0.3) is 0 Å². The van der Waals surface area contributed by atoms with Crippen LogP contribution in [0.3, 0.4) is 0 Å². The summed E-state index contributed by atoms with van der Waals surface area (Å²) in [5.41, 5.74) is 0.537. The first-order chi connectivity index (χ1) is 11.7. The lowest BCUT2D eigenvalue weighted by atomic mass is 10.0. The lowest BCUT2D eigenvalue weighted by Gasteiger charge is -2.32. The van der Waals surface area contributed by atoms with Gasteiger partial charge in [-0.05, 0) is 63.7 Å². The molecule has 2 aliphatic carbocycles. The highest BCUT2D eigenvalue weighted by Gasteiger charge is 2.53. The number of halogens is 1. The second-order valence-electron chi connectivity index (χ2n) is 7.44. The van der Waals surface area contributed by atoms with Crippen molar-refractivity contribution in [3.05, 3.63) is 0 Å². The molecule has 144 valence electrons. The topological polar surface area (TPSA) is 66.0 Å². The molecule has 3 aliphatic rings. The number of ether oxygens (including phenoxy) is 1. The number of hydrogen-bond donors (Lipinski definition) is 2. The van der Waals surface area contributed by atoms with Crippen molar-refractivity contribution in [2.75, 3.05) is 32.8 Å². The molecule has 0 radical (unpaired) electrons. The van der Waals surface area contributed by atoms with E-state index in [1.807, 2.05) is 6.92 Å². The maximum absolute atomic E-state index is 11.8. The van der Waals surface area contributed by atoms with Gasteiger partial charge in [-0.3, -0.25) is 4.99 Å². The van der Waals surface area contributed by atoms with Crippen LogP contribution in [0.25, 0.3) is 0 Å². The van der Waals surface area contributed by atoms with E-state index < -0.39 is 0 Å². The second kappa shape index (κ2) is 9.28. The van der Waals surface area contributed by atoms with Crippen LogP contribution in [-0.4, -0.2) is 55.8 Å². The molecule has 3 rings (SSSR count). The summed E-state index contributed by atoms with van der Waals surface area (Å²) in [7, 11) is 0. The summed E-state index contributed by atoms with van der Waals surface area (Å²) in [6.45, 7) is 7.74. The lowest BCUT2D eigenvalue weighted by Crippen LogP contribution is -2.50. The van der Waals surface area contributed by atoms with Gasteiger partial charge < -0.3 is 20.3 Å². The van der Waals surface area contributed by atoms with Crippen LogP contribution in [0.4, 0.5) is 4.79 Å². The maximum Gasteiger partial charge on any atom is 0.409 e. The molecule has 1 heterocycles. The first-order valence-electron chi connectivity index (χ1n) is 9.63. The number of likely N-dealkylation sites (tertiary alicyclic amines) is 1. The number of nitrogens with zero attached hydrogens (tertiary/aromatic N) is 2. The molecule has 3 fully saturated rings. The van der Waals surface area contributed by atoms with Crippen molar-refractivity contribution in [1.82, 2.24) is 15.5 Å². The lowest BCUT2D eigenvalue weighted by molar-refractivity contribution is 0.0963. The second-order valence-corrected chi connectivity index (χ2v) is 7.44. The number of carbonyl (C=O) groups is 1. The number of hydrogen-bond acceptors (Lipinski definition) is 3. The third kappa shape index (κ3) is 5.62. The molecule has 0 spiro atoms. The van der Waals surface area contributed by atoms with Crippen LogP contribution < -0.4 is 10.6 Å². The number of guanidine groups is 1. The molecule has 0 unspecified atom stereocenters. The van der Waals surface area contributed by atoms with Gasteiger partial charge in [0, 0.05) is 32.2 Å². The number of nitrogens with one attached hydrogen (secondary N) is 2. The van der Waals surface area contributed by atoms with Crippen molar-refractivity contribution < 1.29 is 9.53 Å². The van der Waals surface area contributed by atoms with E-state index >= 15 is 0 Å². The van der Waals surface area contributed by atoms with E-state index in [0.717, 1.165) is 50.9 Å². The molecule has 0 bridgehead atoms. The van der Waals surface area contributed by atoms with E-state index in [2.05, 4.69) is 17.6 Å². The summed E-state index contributed by atoms with van der Waals surface area (Å²) in [4.78, 5) is 18.4. The number of aliphatic imine (C=N–C) groups is 1. The van der Waals surface area contributed by atoms with Gasteiger partial charge in [0.05, 0.1) is 6.61 Å². The zero-order valence-electron chi connectivity index (χ0n) is 15.6. The average molecular weight is 464 g/mol. The van der Waals surface area contributed by atoms with Crippen LogP contribution in [0, 0.1) is 11.3 Å². The molecule has 0 aromatic rings. The molecule has 1 saturated heterocycles. The van der Waals surface area contributed by atoms with Crippen molar-refractivity contribution in [2.24, 2.45) is 16.3 Å². The fraction of sp³-hybridized carbons (Fsp3) is 0.889. The summed E-state index contributed by atoms with van der Waals surface area (Å²) in [6, 6.07) is 0.379. The predicted octanol–water partition coefficient (Wildman–Crippen LogP) is 2.97. The monoisotopic (exact) mass is 464 g/mol. The van der Waals surface area contributed by atoms with Gasteiger partial charge in [-0.2, -0.15) is 0 Å². The Morgan fingerprint density at radius 3 is 2.40 bits per heavy atom. The summed E-state index contributed by atoms with van der Waals surface area (Å²) in [6.07, 6.45) is 7.24. The van der Waals surface area contributed by atoms with Crippen LogP contribution in [0.15, 0.2) is 4.99 Å². The number of carbonyl (C=O) groups excluding carboxylic acids is 1. The van der Waals surface area contributed by atoms with Gasteiger partial charge in [-0.15, -0.1) is 24.0 Å². The molecule has 2 saturated carbocycles. The third-order valence-corrected chi connectivity index (χ3v) is 5.59. The van der Waals surface area contributed by atoms with Gasteiger partial charge in [-0.1, -0.05) is 0 Å². The van der Waals surface area contributed by atoms with Gasteiger partial charge >= 0.3 is 6.09 Å². The van der Waals surface area contributed by atoms with Crippen LogP contribution in [0.1, 0.15) is 52.4 Å². The first-order valence-corrected chi connectivity index (χ1v) is 9.63. The Labute approximate surface area is 168 Å². The maximum atomic E-state index is 11.8. The van der Waals surface area contributed by atoms with Crippen molar-refractivity contribution in [3.63, 3.8) is 0 Å².